The van der Waals surface area contributed by atoms with Crippen LogP contribution in [0.2, 0.25) is 0 Å². The smallest absolute Gasteiger partial charge is 0.426 e. The maximum Gasteiger partial charge on any atom is 0.480 e. The Morgan fingerprint density at radius 1 is 1.39 bits per heavy atom. The largest absolute Gasteiger partial charge is 0.480 e. The third-order valence-electron chi connectivity index (χ3n) is 2.75. The van der Waals surface area contributed by atoms with Gasteiger partial charge in [0, 0.05) is 11.7 Å². The first-order valence-corrected chi connectivity index (χ1v) is 6.43. The van der Waals surface area contributed by atoms with E-state index < -0.39 is 13.1 Å². The monoisotopic (exact) mass is 267 g/mol. The van der Waals surface area contributed by atoms with Crippen LogP contribution in [0.15, 0.2) is 24.3 Å². The van der Waals surface area contributed by atoms with Gasteiger partial charge in [0.1, 0.15) is 0 Å². The zero-order valence-electron chi connectivity index (χ0n) is 10.5. The number of hydrogen-bond acceptors (Lipinski definition) is 4. The summed E-state index contributed by atoms with van der Waals surface area (Å²) in [5, 5.41) is 21.3. The minimum Gasteiger partial charge on any atom is -0.426 e. The molecule has 0 unspecified atom stereocenters. The fourth-order valence-corrected chi connectivity index (χ4v) is 1.65. The van der Waals surface area contributed by atoms with E-state index in [1.807, 2.05) is 19.1 Å². The Morgan fingerprint density at radius 3 is 2.39 bits per heavy atom. The van der Waals surface area contributed by atoms with Gasteiger partial charge in [-0.05, 0) is 12.5 Å². The summed E-state index contributed by atoms with van der Waals surface area (Å²) in [5.74, 6) is -0.933. The molecule has 0 aliphatic heterocycles. The van der Waals surface area contributed by atoms with Crippen molar-refractivity contribution in [3.05, 3.63) is 35.4 Å². The number of amides is 1. The first kappa shape index (κ1) is 15.1. The number of carbonyl (C=O) groups excluding carboxylic acids is 1. The second-order valence-corrected chi connectivity index (χ2v) is 4.76. The minimum atomic E-state index is -1.64. The van der Waals surface area contributed by atoms with Gasteiger partial charge in [0.25, 0.3) is 0 Å². The summed E-state index contributed by atoms with van der Waals surface area (Å²) in [6, 6.07) is 7.26. The van der Waals surface area contributed by atoms with Crippen molar-refractivity contribution in [3.8, 4) is 0 Å². The SMILES string of the molecule is Cc1ccc([C@H](NC(=O)[C@H](C)CS)B(O)O)cc1. The molecule has 0 aromatic heterocycles. The highest BCUT2D eigenvalue weighted by atomic mass is 32.1. The van der Waals surface area contributed by atoms with E-state index in [9.17, 15) is 14.8 Å². The van der Waals surface area contributed by atoms with Gasteiger partial charge < -0.3 is 15.4 Å². The van der Waals surface area contributed by atoms with Gasteiger partial charge in [-0.3, -0.25) is 4.79 Å². The summed E-state index contributed by atoms with van der Waals surface area (Å²) in [6.45, 7) is 3.67. The van der Waals surface area contributed by atoms with E-state index in [1.165, 1.54) is 0 Å². The van der Waals surface area contributed by atoms with Gasteiger partial charge in [0.2, 0.25) is 5.91 Å². The third kappa shape index (κ3) is 4.05. The molecule has 18 heavy (non-hydrogen) atoms. The van der Waals surface area contributed by atoms with Crippen molar-refractivity contribution >= 4 is 25.7 Å². The number of benzene rings is 1. The number of rotatable bonds is 5. The highest BCUT2D eigenvalue weighted by Gasteiger charge is 2.28. The lowest BCUT2D eigenvalue weighted by Gasteiger charge is -2.20. The molecule has 0 saturated carbocycles. The molecule has 4 nitrogen and oxygen atoms in total. The van der Waals surface area contributed by atoms with Crippen molar-refractivity contribution in [2.75, 3.05) is 5.75 Å². The van der Waals surface area contributed by atoms with Crippen LogP contribution >= 0.6 is 12.6 Å². The second-order valence-electron chi connectivity index (χ2n) is 4.39. The topological polar surface area (TPSA) is 69.6 Å². The van der Waals surface area contributed by atoms with Gasteiger partial charge in [-0.25, -0.2) is 0 Å². The zero-order valence-corrected chi connectivity index (χ0v) is 11.4. The fourth-order valence-electron chi connectivity index (χ4n) is 1.48. The van der Waals surface area contributed by atoms with Crippen LogP contribution in [0.3, 0.4) is 0 Å². The number of hydrogen-bond donors (Lipinski definition) is 4. The molecule has 0 aliphatic carbocycles. The summed E-state index contributed by atoms with van der Waals surface area (Å²) in [4.78, 5) is 11.7. The Bertz CT molecular complexity index is 397. The van der Waals surface area contributed by atoms with Crippen LogP contribution in [0.5, 0.6) is 0 Å². The lowest BCUT2D eigenvalue weighted by molar-refractivity contribution is -0.124. The fraction of sp³-hybridized carbons (Fsp3) is 0.417. The average Bonchev–Trinajstić information content (AvgIpc) is 2.35. The lowest BCUT2D eigenvalue weighted by Crippen LogP contribution is -2.41. The number of thiol groups is 1. The van der Waals surface area contributed by atoms with Crippen LogP contribution in [0.1, 0.15) is 24.0 Å². The molecule has 3 N–H and O–H groups in total. The Morgan fingerprint density at radius 2 is 1.94 bits per heavy atom. The Labute approximate surface area is 113 Å². The predicted molar refractivity (Wildman–Crippen MR) is 75.3 cm³/mol. The Hall–Kier alpha value is -0.975. The molecule has 2 atom stereocenters. The van der Waals surface area contributed by atoms with E-state index in [4.69, 9.17) is 0 Å². The van der Waals surface area contributed by atoms with Gasteiger partial charge in [0.15, 0.2) is 0 Å². The second kappa shape index (κ2) is 6.82. The summed E-state index contributed by atoms with van der Waals surface area (Å²) < 4.78 is 0. The average molecular weight is 267 g/mol. The summed E-state index contributed by atoms with van der Waals surface area (Å²) in [7, 11) is -1.64. The number of nitrogens with one attached hydrogen (secondary N) is 1. The minimum absolute atomic E-state index is 0.247. The summed E-state index contributed by atoms with van der Waals surface area (Å²) in [6.07, 6.45) is 0. The molecule has 0 aliphatic rings. The van der Waals surface area contributed by atoms with Crippen LogP contribution in [0.25, 0.3) is 0 Å². The van der Waals surface area contributed by atoms with E-state index in [0.717, 1.165) is 5.56 Å². The molecule has 0 heterocycles. The molecular formula is C12H18BNO3S. The summed E-state index contributed by atoms with van der Waals surface area (Å²) >= 11 is 4.04. The highest BCUT2D eigenvalue weighted by molar-refractivity contribution is 7.80. The van der Waals surface area contributed by atoms with E-state index in [1.54, 1.807) is 19.1 Å². The van der Waals surface area contributed by atoms with Crippen molar-refractivity contribution in [2.45, 2.75) is 19.8 Å². The van der Waals surface area contributed by atoms with E-state index in [2.05, 4.69) is 17.9 Å². The molecule has 0 bridgehead atoms. The van der Waals surface area contributed by atoms with Crippen molar-refractivity contribution in [3.63, 3.8) is 0 Å². The van der Waals surface area contributed by atoms with Crippen molar-refractivity contribution in [1.29, 1.82) is 0 Å². The zero-order chi connectivity index (χ0) is 13.7. The molecule has 6 heteroatoms. The van der Waals surface area contributed by atoms with Gasteiger partial charge in [-0.1, -0.05) is 36.8 Å². The number of aryl methyl sites for hydroxylation is 1. The third-order valence-corrected chi connectivity index (χ3v) is 3.30. The van der Waals surface area contributed by atoms with E-state index in [0.29, 0.717) is 11.3 Å². The number of carbonyl (C=O) groups is 1. The first-order valence-electron chi connectivity index (χ1n) is 5.79. The summed E-state index contributed by atoms with van der Waals surface area (Å²) in [5.41, 5.74) is 1.73. The highest BCUT2D eigenvalue weighted by Crippen LogP contribution is 2.16. The van der Waals surface area contributed by atoms with Crippen LogP contribution in [0, 0.1) is 12.8 Å². The molecule has 0 saturated heterocycles. The van der Waals surface area contributed by atoms with Crippen LogP contribution < -0.4 is 5.32 Å². The first-order chi connectivity index (χ1) is 8.45. The molecule has 1 aromatic rings. The normalized spacial score (nSPS) is 13.8. The van der Waals surface area contributed by atoms with E-state index in [-0.39, 0.29) is 11.8 Å². The van der Waals surface area contributed by atoms with Crippen molar-refractivity contribution in [2.24, 2.45) is 5.92 Å². The molecule has 1 rings (SSSR count). The van der Waals surface area contributed by atoms with Gasteiger partial charge in [-0.15, -0.1) is 0 Å². The molecule has 0 fully saturated rings. The van der Waals surface area contributed by atoms with Gasteiger partial charge in [-0.2, -0.15) is 12.6 Å². The molecule has 98 valence electrons. The maximum atomic E-state index is 11.7. The van der Waals surface area contributed by atoms with E-state index >= 15 is 0 Å². The molecular weight excluding hydrogens is 249 g/mol. The predicted octanol–water partition coefficient (Wildman–Crippen LogP) is 0.730. The lowest BCUT2D eigenvalue weighted by atomic mass is 9.75. The van der Waals surface area contributed by atoms with Crippen molar-refractivity contribution in [1.82, 2.24) is 5.32 Å². The Balaban J connectivity index is 2.83. The van der Waals surface area contributed by atoms with Crippen LogP contribution in [0.4, 0.5) is 0 Å². The maximum absolute atomic E-state index is 11.7. The molecule has 1 amide bonds. The van der Waals surface area contributed by atoms with Crippen LogP contribution in [-0.2, 0) is 4.79 Å². The quantitative estimate of drug-likeness (QED) is 0.469. The Kier molecular flexibility index (Phi) is 5.72. The molecule has 1 aromatic carbocycles. The van der Waals surface area contributed by atoms with Gasteiger partial charge >= 0.3 is 7.12 Å². The molecule has 0 radical (unpaired) electrons. The van der Waals surface area contributed by atoms with Gasteiger partial charge in [0.05, 0.1) is 5.94 Å². The van der Waals surface area contributed by atoms with Crippen LogP contribution in [-0.4, -0.2) is 28.8 Å². The standard InChI is InChI=1S/C12H18BNO3S/c1-8-3-5-10(6-4-8)11(13(16)17)14-12(15)9(2)7-18/h3-6,9,11,16-18H,7H2,1-2H3,(H,14,15)/t9-,11+/m1/s1. The molecule has 0 spiro atoms. The van der Waals surface area contributed by atoms with Crippen molar-refractivity contribution < 1.29 is 14.8 Å².